The van der Waals surface area contributed by atoms with E-state index in [2.05, 4.69) is 10.3 Å². The number of nitrogens with one attached hydrogen (secondary N) is 1. The third-order valence-electron chi connectivity index (χ3n) is 2.46. The maximum absolute atomic E-state index is 13.2. The van der Waals surface area contributed by atoms with Crippen LogP contribution in [-0.2, 0) is 0 Å². The Bertz CT molecular complexity index is 599. The SMILES string of the molecule is COc1cc(C(=O)Nc2ccc(N)nc2)ccc1F. The zero-order chi connectivity index (χ0) is 13.8. The van der Waals surface area contributed by atoms with Gasteiger partial charge in [-0.1, -0.05) is 0 Å². The summed E-state index contributed by atoms with van der Waals surface area (Å²) in [6.45, 7) is 0. The number of nitrogens with zero attached hydrogens (tertiary/aromatic N) is 1. The molecule has 19 heavy (non-hydrogen) atoms. The van der Waals surface area contributed by atoms with Crippen LogP contribution in [0.2, 0.25) is 0 Å². The predicted molar refractivity (Wildman–Crippen MR) is 69.6 cm³/mol. The molecule has 5 nitrogen and oxygen atoms in total. The Balaban J connectivity index is 2.18. The van der Waals surface area contributed by atoms with E-state index < -0.39 is 5.82 Å². The van der Waals surface area contributed by atoms with E-state index in [1.165, 1.54) is 31.5 Å². The number of carbonyl (C=O) groups is 1. The molecule has 6 heteroatoms. The Labute approximate surface area is 109 Å². The highest BCUT2D eigenvalue weighted by molar-refractivity contribution is 6.04. The van der Waals surface area contributed by atoms with Crippen LogP contribution in [0.25, 0.3) is 0 Å². The number of rotatable bonds is 3. The number of hydrogen-bond acceptors (Lipinski definition) is 4. The van der Waals surface area contributed by atoms with E-state index in [9.17, 15) is 9.18 Å². The van der Waals surface area contributed by atoms with Gasteiger partial charge in [-0.2, -0.15) is 0 Å². The van der Waals surface area contributed by atoms with E-state index in [-0.39, 0.29) is 17.2 Å². The number of carbonyl (C=O) groups excluding carboxylic acids is 1. The summed E-state index contributed by atoms with van der Waals surface area (Å²) in [5.74, 6) is -0.525. The van der Waals surface area contributed by atoms with Crippen molar-refractivity contribution in [1.82, 2.24) is 4.98 Å². The molecule has 0 unspecified atom stereocenters. The number of nitrogens with two attached hydrogens (primary N) is 1. The van der Waals surface area contributed by atoms with Crippen LogP contribution < -0.4 is 15.8 Å². The number of methoxy groups -OCH3 is 1. The van der Waals surface area contributed by atoms with Crippen molar-refractivity contribution in [3.8, 4) is 5.75 Å². The lowest BCUT2D eigenvalue weighted by molar-refractivity contribution is 0.102. The Morgan fingerprint density at radius 3 is 2.79 bits per heavy atom. The van der Waals surface area contributed by atoms with Gasteiger partial charge in [0.1, 0.15) is 5.82 Å². The van der Waals surface area contributed by atoms with Crippen LogP contribution in [0, 0.1) is 5.82 Å². The summed E-state index contributed by atoms with van der Waals surface area (Å²) in [7, 11) is 1.34. The summed E-state index contributed by atoms with van der Waals surface area (Å²) in [5.41, 5.74) is 6.23. The van der Waals surface area contributed by atoms with Crippen LogP contribution in [0.4, 0.5) is 15.9 Å². The van der Waals surface area contributed by atoms with E-state index in [1.54, 1.807) is 12.1 Å². The van der Waals surface area contributed by atoms with Gasteiger partial charge in [-0.15, -0.1) is 0 Å². The summed E-state index contributed by atoms with van der Waals surface area (Å²) in [4.78, 5) is 15.8. The van der Waals surface area contributed by atoms with Gasteiger partial charge in [0, 0.05) is 5.56 Å². The van der Waals surface area contributed by atoms with Gasteiger partial charge in [-0.05, 0) is 30.3 Å². The molecule has 0 saturated heterocycles. The Morgan fingerprint density at radius 1 is 1.37 bits per heavy atom. The smallest absolute Gasteiger partial charge is 0.255 e. The zero-order valence-electron chi connectivity index (χ0n) is 10.2. The van der Waals surface area contributed by atoms with Gasteiger partial charge in [0.25, 0.3) is 5.91 Å². The molecule has 0 spiro atoms. The number of benzene rings is 1. The Morgan fingerprint density at radius 2 is 2.16 bits per heavy atom. The van der Waals surface area contributed by atoms with Crippen molar-refractivity contribution in [3.63, 3.8) is 0 Å². The van der Waals surface area contributed by atoms with Crippen molar-refractivity contribution in [2.45, 2.75) is 0 Å². The maximum atomic E-state index is 13.2. The fourth-order valence-electron chi connectivity index (χ4n) is 1.48. The van der Waals surface area contributed by atoms with Gasteiger partial charge in [-0.3, -0.25) is 4.79 Å². The molecule has 0 atom stereocenters. The number of amides is 1. The van der Waals surface area contributed by atoms with Gasteiger partial charge in [0.15, 0.2) is 11.6 Å². The molecular formula is C13H12FN3O2. The van der Waals surface area contributed by atoms with Crippen molar-refractivity contribution in [1.29, 1.82) is 0 Å². The molecule has 0 fully saturated rings. The molecule has 0 radical (unpaired) electrons. The minimum Gasteiger partial charge on any atom is -0.494 e. The molecule has 0 bridgehead atoms. The molecule has 1 amide bonds. The number of hydrogen-bond donors (Lipinski definition) is 2. The first-order valence-corrected chi connectivity index (χ1v) is 5.46. The third-order valence-corrected chi connectivity index (χ3v) is 2.46. The number of anilines is 2. The molecule has 1 heterocycles. The normalized spacial score (nSPS) is 10.0. The highest BCUT2D eigenvalue weighted by Gasteiger charge is 2.10. The molecule has 2 aromatic rings. The van der Waals surface area contributed by atoms with Crippen LogP contribution in [0.5, 0.6) is 5.75 Å². The predicted octanol–water partition coefficient (Wildman–Crippen LogP) is 2.06. The fraction of sp³-hybridized carbons (Fsp3) is 0.0769. The molecule has 1 aromatic carbocycles. The first-order valence-electron chi connectivity index (χ1n) is 5.46. The quantitative estimate of drug-likeness (QED) is 0.886. The van der Waals surface area contributed by atoms with Crippen molar-refractivity contribution >= 4 is 17.4 Å². The summed E-state index contributed by atoms with van der Waals surface area (Å²) >= 11 is 0. The average molecular weight is 261 g/mol. The van der Waals surface area contributed by atoms with Crippen molar-refractivity contribution in [2.75, 3.05) is 18.2 Å². The van der Waals surface area contributed by atoms with Crippen molar-refractivity contribution < 1.29 is 13.9 Å². The monoisotopic (exact) mass is 261 g/mol. The van der Waals surface area contributed by atoms with Crippen LogP contribution >= 0.6 is 0 Å². The fourth-order valence-corrected chi connectivity index (χ4v) is 1.48. The van der Waals surface area contributed by atoms with Gasteiger partial charge >= 0.3 is 0 Å². The molecule has 0 saturated carbocycles. The highest BCUT2D eigenvalue weighted by Crippen LogP contribution is 2.19. The summed E-state index contributed by atoms with van der Waals surface area (Å²) in [5, 5.41) is 2.62. The average Bonchev–Trinajstić information content (AvgIpc) is 2.42. The first-order chi connectivity index (χ1) is 9.10. The summed E-state index contributed by atoms with van der Waals surface area (Å²) in [6.07, 6.45) is 1.44. The lowest BCUT2D eigenvalue weighted by Crippen LogP contribution is -2.12. The van der Waals surface area contributed by atoms with Crippen molar-refractivity contribution in [2.24, 2.45) is 0 Å². The maximum Gasteiger partial charge on any atom is 0.255 e. The first kappa shape index (κ1) is 12.8. The highest BCUT2D eigenvalue weighted by atomic mass is 19.1. The summed E-state index contributed by atoms with van der Waals surface area (Å²) < 4.78 is 18.0. The number of pyridine rings is 1. The number of aromatic nitrogens is 1. The molecule has 98 valence electrons. The second-order valence-electron chi connectivity index (χ2n) is 3.78. The van der Waals surface area contributed by atoms with Gasteiger partial charge in [-0.25, -0.2) is 9.37 Å². The zero-order valence-corrected chi connectivity index (χ0v) is 10.2. The van der Waals surface area contributed by atoms with Gasteiger partial charge < -0.3 is 15.8 Å². The standard InChI is InChI=1S/C13H12FN3O2/c1-19-11-6-8(2-4-10(11)14)13(18)17-9-3-5-12(15)16-7-9/h2-7H,1H3,(H2,15,16)(H,17,18). The number of nitrogen functional groups attached to an aromatic ring is 1. The largest absolute Gasteiger partial charge is 0.494 e. The number of ether oxygens (including phenoxy) is 1. The van der Waals surface area contributed by atoms with E-state index in [4.69, 9.17) is 10.5 Å². The van der Waals surface area contributed by atoms with Gasteiger partial charge in [0.05, 0.1) is 19.0 Å². The Hall–Kier alpha value is -2.63. The minimum atomic E-state index is -0.520. The molecule has 2 rings (SSSR count). The van der Waals surface area contributed by atoms with E-state index in [0.717, 1.165) is 0 Å². The lowest BCUT2D eigenvalue weighted by Gasteiger charge is -2.07. The summed E-state index contributed by atoms with van der Waals surface area (Å²) in [6, 6.07) is 7.07. The van der Waals surface area contributed by atoms with Crippen LogP contribution in [0.1, 0.15) is 10.4 Å². The molecule has 3 N–H and O–H groups in total. The molecule has 0 aliphatic rings. The van der Waals surface area contributed by atoms with E-state index >= 15 is 0 Å². The molecular weight excluding hydrogens is 249 g/mol. The second-order valence-corrected chi connectivity index (χ2v) is 3.78. The Kier molecular flexibility index (Phi) is 3.61. The van der Waals surface area contributed by atoms with Gasteiger partial charge in [0.2, 0.25) is 0 Å². The van der Waals surface area contributed by atoms with Crippen LogP contribution in [-0.4, -0.2) is 18.0 Å². The molecule has 0 aliphatic carbocycles. The second kappa shape index (κ2) is 5.34. The third kappa shape index (κ3) is 2.98. The number of halogens is 1. The molecule has 0 aliphatic heterocycles. The van der Waals surface area contributed by atoms with Crippen molar-refractivity contribution in [3.05, 3.63) is 47.9 Å². The lowest BCUT2D eigenvalue weighted by atomic mass is 10.2. The minimum absolute atomic E-state index is 0.0167. The topological polar surface area (TPSA) is 77.2 Å². The van der Waals surface area contributed by atoms with Crippen LogP contribution in [0.15, 0.2) is 36.5 Å². The molecule has 1 aromatic heterocycles. The van der Waals surface area contributed by atoms with E-state index in [0.29, 0.717) is 11.5 Å². The van der Waals surface area contributed by atoms with E-state index in [1.807, 2.05) is 0 Å². The van der Waals surface area contributed by atoms with Crippen LogP contribution in [0.3, 0.4) is 0 Å².